The number of likely N-dealkylation sites (tertiary alicyclic amines) is 2. The maximum atomic E-state index is 14.8. The van der Waals surface area contributed by atoms with Crippen LogP contribution in [0.3, 0.4) is 0 Å². The Morgan fingerprint density at radius 3 is 2.50 bits per heavy atom. The van der Waals surface area contributed by atoms with E-state index in [-0.39, 0.29) is 72.8 Å². The van der Waals surface area contributed by atoms with Crippen molar-refractivity contribution in [2.45, 2.75) is 114 Å². The first-order valence-electron chi connectivity index (χ1n) is 19.0. The second kappa shape index (κ2) is 14.4. The van der Waals surface area contributed by atoms with E-state index in [0.717, 1.165) is 12.0 Å². The third kappa shape index (κ3) is 6.06. The molecular weight excluding hydrogens is 684 g/mol. The summed E-state index contributed by atoms with van der Waals surface area (Å²) in [5.41, 5.74) is -0.496. The van der Waals surface area contributed by atoms with E-state index in [4.69, 9.17) is 16.3 Å². The average Bonchev–Trinajstić information content (AvgIpc) is 3.91. The van der Waals surface area contributed by atoms with Gasteiger partial charge in [0.25, 0.3) is 5.91 Å². The molecule has 0 radical (unpaired) electrons. The summed E-state index contributed by atoms with van der Waals surface area (Å²) in [6, 6.07) is 4.46. The average molecular weight is 733 g/mol. The van der Waals surface area contributed by atoms with Crippen molar-refractivity contribution in [3.8, 4) is 0 Å². The molecular formula is C40H49ClN4O7. The van der Waals surface area contributed by atoms with E-state index in [1.165, 1.54) is 6.92 Å². The van der Waals surface area contributed by atoms with Gasteiger partial charge in [-0.15, -0.1) is 0 Å². The molecule has 11 nitrogen and oxygen atoms in total. The van der Waals surface area contributed by atoms with Crippen molar-refractivity contribution >= 4 is 47.0 Å². The molecule has 1 spiro atoms. The minimum Gasteiger partial charge on any atom is -0.464 e. The van der Waals surface area contributed by atoms with Gasteiger partial charge in [0.1, 0.15) is 29.4 Å². The van der Waals surface area contributed by atoms with E-state index < -0.39 is 35.6 Å². The van der Waals surface area contributed by atoms with E-state index >= 15 is 0 Å². The molecule has 7 rings (SSSR count). The van der Waals surface area contributed by atoms with E-state index in [2.05, 4.69) is 19.1 Å². The highest BCUT2D eigenvalue weighted by Crippen LogP contribution is 2.44. The zero-order valence-electron chi connectivity index (χ0n) is 30.2. The van der Waals surface area contributed by atoms with Crippen molar-refractivity contribution in [2.24, 2.45) is 17.8 Å². The molecule has 9 atom stereocenters. The highest BCUT2D eigenvalue weighted by Gasteiger charge is 2.59. The Balaban J connectivity index is 1.14. The maximum Gasteiger partial charge on any atom is 0.328 e. The molecule has 6 aliphatic rings. The van der Waals surface area contributed by atoms with Crippen molar-refractivity contribution in [2.75, 3.05) is 19.7 Å². The molecule has 0 aromatic heterocycles. The first-order chi connectivity index (χ1) is 25.0. The Morgan fingerprint density at radius 2 is 1.77 bits per heavy atom. The lowest BCUT2D eigenvalue weighted by Gasteiger charge is -2.45. The van der Waals surface area contributed by atoms with Crippen LogP contribution < -0.4 is 0 Å². The van der Waals surface area contributed by atoms with Crippen LogP contribution in [0.4, 0.5) is 0 Å². The summed E-state index contributed by atoms with van der Waals surface area (Å²) in [6.07, 6.45) is 12.2. The molecule has 278 valence electrons. The third-order valence-corrected chi connectivity index (χ3v) is 12.8. The van der Waals surface area contributed by atoms with Crippen LogP contribution in [0.1, 0.15) is 77.7 Å². The van der Waals surface area contributed by atoms with Crippen molar-refractivity contribution in [3.63, 3.8) is 0 Å². The van der Waals surface area contributed by atoms with Crippen LogP contribution in [0, 0.1) is 17.8 Å². The summed E-state index contributed by atoms with van der Waals surface area (Å²) in [7, 11) is 0. The molecule has 0 saturated carbocycles. The van der Waals surface area contributed by atoms with Crippen LogP contribution in [0.2, 0.25) is 5.02 Å². The van der Waals surface area contributed by atoms with Gasteiger partial charge in [-0.05, 0) is 76.3 Å². The molecule has 1 aromatic carbocycles. The van der Waals surface area contributed by atoms with Gasteiger partial charge in [-0.3, -0.25) is 19.2 Å². The normalized spacial score (nSPS) is 32.6. The zero-order chi connectivity index (χ0) is 36.9. The minimum absolute atomic E-state index is 0.0237. The fourth-order valence-corrected chi connectivity index (χ4v) is 10.2. The summed E-state index contributed by atoms with van der Waals surface area (Å²) < 4.78 is 5.40. The standard InChI is InChI=1S/C40H49ClN4O7/c1-4-25-23-33(38(50)52-5-2)45-31(25)13-11-26-16-20-42(34(26)37(45)49)36(48)32-14-12-29-15-18-40(39(51)44(29)32)17-8-19-43(40)35(47)28(21-24(3)46)22-27-9-6-7-10-30(27)41/h6-7,9-11,13,15,18,25-26,28-29,31-34H,4-5,8,12,14,16-17,19-23H2,1-3H3/t25-,26+,28+,29+,31+,32+,33+,34+,40-/m1/s1. The first kappa shape index (κ1) is 36.4. The van der Waals surface area contributed by atoms with Crippen LogP contribution in [-0.4, -0.2) is 110 Å². The summed E-state index contributed by atoms with van der Waals surface area (Å²) in [6.45, 7) is 6.22. The van der Waals surface area contributed by atoms with Crippen molar-refractivity contribution in [3.05, 3.63) is 59.2 Å². The number of hydrogen-bond donors (Lipinski definition) is 0. The topological polar surface area (TPSA) is 125 Å². The Bertz CT molecular complexity index is 1710. The zero-order valence-corrected chi connectivity index (χ0v) is 31.0. The van der Waals surface area contributed by atoms with Crippen LogP contribution >= 0.6 is 11.6 Å². The van der Waals surface area contributed by atoms with Gasteiger partial charge in [0.15, 0.2) is 0 Å². The van der Waals surface area contributed by atoms with Gasteiger partial charge in [-0.1, -0.05) is 67.4 Å². The second-order valence-electron chi connectivity index (χ2n) is 15.4. The lowest BCUT2D eigenvalue weighted by atomic mass is 9.86. The van der Waals surface area contributed by atoms with Crippen molar-refractivity contribution in [1.29, 1.82) is 0 Å². The molecule has 4 fully saturated rings. The number of carbonyl (C=O) groups is 6. The number of ether oxygens (including phenoxy) is 1. The van der Waals surface area contributed by atoms with E-state index in [0.29, 0.717) is 56.6 Å². The lowest BCUT2D eigenvalue weighted by molar-refractivity contribution is -0.159. The van der Waals surface area contributed by atoms with Gasteiger partial charge >= 0.3 is 5.97 Å². The summed E-state index contributed by atoms with van der Waals surface area (Å²) in [5, 5.41) is 0.517. The monoisotopic (exact) mass is 732 g/mol. The van der Waals surface area contributed by atoms with Crippen LogP contribution in [0.15, 0.2) is 48.6 Å². The fourth-order valence-electron chi connectivity index (χ4n) is 9.98. The van der Waals surface area contributed by atoms with E-state index in [9.17, 15) is 28.8 Å². The molecule has 1 aromatic rings. The van der Waals surface area contributed by atoms with Crippen molar-refractivity contribution in [1.82, 2.24) is 19.6 Å². The molecule has 0 unspecified atom stereocenters. The Morgan fingerprint density at radius 1 is 0.981 bits per heavy atom. The molecule has 12 heteroatoms. The Hall–Kier alpha value is -3.99. The molecule has 0 bridgehead atoms. The summed E-state index contributed by atoms with van der Waals surface area (Å²) in [4.78, 5) is 90.5. The molecule has 4 amide bonds. The quantitative estimate of drug-likeness (QED) is 0.277. The second-order valence-corrected chi connectivity index (χ2v) is 15.8. The number of Topliss-reactive ketones (excluding diaryl/α,β-unsaturated/α-hetero) is 1. The largest absolute Gasteiger partial charge is 0.464 e. The number of hydrogen-bond acceptors (Lipinski definition) is 7. The number of benzene rings is 1. The van der Waals surface area contributed by atoms with Gasteiger partial charge in [0.2, 0.25) is 17.7 Å². The van der Waals surface area contributed by atoms with Crippen LogP contribution in [-0.2, 0) is 39.9 Å². The number of nitrogens with zero attached hydrogens (tertiary/aromatic N) is 4. The number of ketones is 1. The lowest BCUT2D eigenvalue weighted by Crippen LogP contribution is -2.64. The molecule has 4 saturated heterocycles. The van der Waals surface area contributed by atoms with E-state index in [1.54, 1.807) is 32.6 Å². The van der Waals surface area contributed by atoms with Gasteiger partial charge < -0.3 is 29.1 Å². The molecule has 6 heterocycles. The van der Waals surface area contributed by atoms with Crippen LogP contribution in [0.25, 0.3) is 0 Å². The minimum atomic E-state index is -1.26. The highest BCUT2D eigenvalue weighted by atomic mass is 35.5. The van der Waals surface area contributed by atoms with E-state index in [1.807, 2.05) is 30.4 Å². The molecule has 6 aliphatic heterocycles. The predicted octanol–water partition coefficient (Wildman–Crippen LogP) is 4.11. The summed E-state index contributed by atoms with van der Waals surface area (Å²) >= 11 is 6.46. The first-order valence-corrected chi connectivity index (χ1v) is 19.4. The number of rotatable bonds is 9. The van der Waals surface area contributed by atoms with Crippen LogP contribution in [0.5, 0.6) is 0 Å². The number of esters is 1. The fraction of sp³-hybridized carbons (Fsp3) is 0.600. The molecule has 0 N–H and O–H groups in total. The molecule has 52 heavy (non-hydrogen) atoms. The van der Waals surface area contributed by atoms with Gasteiger partial charge in [0, 0.05) is 36.4 Å². The Labute approximate surface area is 310 Å². The molecule has 0 aliphatic carbocycles. The van der Waals surface area contributed by atoms with Crippen molar-refractivity contribution < 1.29 is 33.5 Å². The number of fused-ring (bicyclic) bond motifs is 3. The van der Waals surface area contributed by atoms with Gasteiger partial charge in [-0.25, -0.2) is 4.79 Å². The van der Waals surface area contributed by atoms with Gasteiger partial charge in [-0.2, -0.15) is 0 Å². The number of halogens is 1. The smallest absolute Gasteiger partial charge is 0.328 e. The maximum absolute atomic E-state index is 14.8. The highest BCUT2D eigenvalue weighted by molar-refractivity contribution is 6.31. The predicted molar refractivity (Wildman–Crippen MR) is 193 cm³/mol. The number of carbonyl (C=O) groups excluding carboxylic acids is 6. The third-order valence-electron chi connectivity index (χ3n) is 12.4. The number of amides is 4. The summed E-state index contributed by atoms with van der Waals surface area (Å²) in [5.74, 6) is -2.38. The Kier molecular flexibility index (Phi) is 10.1. The SMILES string of the molecule is CCOC(=O)[C@@H]1C[C@@H](CC)[C@@H]2C=C[C@H]3CCN(C(=O)[C@@H]4CC[C@H]5C=C[C@]6(CCCN6C(=O)[C@@H](CC(C)=O)Cc6ccccc6Cl)C(=O)N54)[C@@H]3C(=O)N12. The van der Waals surface area contributed by atoms with Gasteiger partial charge in [0.05, 0.1) is 18.7 Å².